The average molecular weight is 463 g/mol. The van der Waals surface area contributed by atoms with Crippen LogP contribution < -0.4 is 11.1 Å². The summed E-state index contributed by atoms with van der Waals surface area (Å²) in [7, 11) is 0. The number of nitrogen functional groups attached to an aromatic ring is 1. The number of nitrogens with one attached hydrogen (secondary N) is 1. The number of piperazine rings is 1. The van der Waals surface area contributed by atoms with Crippen LogP contribution >= 0.6 is 0 Å². The molecule has 4 heterocycles. The second-order valence-electron chi connectivity index (χ2n) is 8.15. The van der Waals surface area contributed by atoms with Gasteiger partial charge in [-0.2, -0.15) is 0 Å². The number of aromatic nitrogens is 3. The molecule has 1 aromatic carbocycles. The van der Waals surface area contributed by atoms with Crippen LogP contribution in [0.2, 0.25) is 0 Å². The Balaban J connectivity index is 1.29. The van der Waals surface area contributed by atoms with E-state index in [1.165, 1.54) is 9.58 Å². The van der Waals surface area contributed by atoms with Gasteiger partial charge in [0.25, 0.3) is 11.8 Å². The number of nitrogens with zero attached hydrogens (tertiary/aromatic N) is 5. The zero-order valence-electron chi connectivity index (χ0n) is 18.1. The minimum atomic E-state index is -0.985. The molecule has 3 N–H and O–H groups in total. The van der Waals surface area contributed by atoms with Crippen LogP contribution in [0.5, 0.6) is 0 Å². The molecule has 5 rings (SSSR count). The Bertz CT molecular complexity index is 1270. The first-order valence-corrected chi connectivity index (χ1v) is 10.8. The summed E-state index contributed by atoms with van der Waals surface area (Å²) < 4.78 is 16.1. The van der Waals surface area contributed by atoms with Crippen LogP contribution in [0, 0.1) is 5.82 Å². The van der Waals surface area contributed by atoms with E-state index >= 15 is 0 Å². The van der Waals surface area contributed by atoms with E-state index in [2.05, 4.69) is 15.4 Å². The Morgan fingerprint density at radius 3 is 2.41 bits per heavy atom. The van der Waals surface area contributed by atoms with E-state index in [1.54, 1.807) is 41.4 Å². The van der Waals surface area contributed by atoms with Crippen molar-refractivity contribution in [3.8, 4) is 5.82 Å². The van der Waals surface area contributed by atoms with Crippen molar-refractivity contribution in [1.82, 2.24) is 24.6 Å². The topological polar surface area (TPSA) is 126 Å². The van der Waals surface area contributed by atoms with Gasteiger partial charge >= 0.3 is 0 Å². The lowest BCUT2D eigenvalue weighted by Gasteiger charge is -2.34. The van der Waals surface area contributed by atoms with Crippen molar-refractivity contribution < 1.29 is 18.8 Å². The van der Waals surface area contributed by atoms with E-state index < -0.39 is 23.4 Å². The maximum Gasteiger partial charge on any atom is 0.290 e. The third-order valence-electron chi connectivity index (χ3n) is 6.11. The zero-order valence-corrected chi connectivity index (χ0v) is 18.1. The maximum absolute atomic E-state index is 14.7. The van der Waals surface area contributed by atoms with Gasteiger partial charge in [-0.05, 0) is 12.1 Å². The molecule has 2 aliphatic heterocycles. The number of hydrogen-bond donors (Lipinski definition) is 2. The Hall–Kier alpha value is -4.28. The van der Waals surface area contributed by atoms with E-state index in [0.29, 0.717) is 30.2 Å². The van der Waals surface area contributed by atoms with Crippen molar-refractivity contribution in [3.05, 3.63) is 65.7 Å². The number of hydrogen-bond acceptors (Lipinski definition) is 7. The first-order chi connectivity index (χ1) is 16.4. The minimum absolute atomic E-state index is 0.0682. The summed E-state index contributed by atoms with van der Waals surface area (Å²) in [5.74, 6) is -2.60. The molecule has 1 unspecified atom stereocenters. The molecule has 10 nitrogen and oxygen atoms in total. The van der Waals surface area contributed by atoms with Crippen molar-refractivity contribution >= 4 is 29.1 Å². The van der Waals surface area contributed by atoms with Crippen LogP contribution in [-0.4, -0.2) is 74.9 Å². The Morgan fingerprint density at radius 1 is 1.03 bits per heavy atom. The number of amides is 2. The molecule has 34 heavy (non-hydrogen) atoms. The van der Waals surface area contributed by atoms with Gasteiger partial charge in [0.2, 0.25) is 5.78 Å². The lowest BCUT2D eigenvalue weighted by Crippen LogP contribution is -2.52. The molecule has 0 saturated carbocycles. The van der Waals surface area contributed by atoms with Crippen LogP contribution in [-0.2, 0) is 9.59 Å². The predicted octanol–water partition coefficient (Wildman–Crippen LogP) is 1.05. The summed E-state index contributed by atoms with van der Waals surface area (Å²) in [6.07, 6.45) is 2.59. The van der Waals surface area contributed by atoms with Gasteiger partial charge < -0.3 is 20.9 Å². The van der Waals surface area contributed by atoms with Crippen molar-refractivity contribution in [3.63, 3.8) is 0 Å². The number of benzene rings is 1. The molecule has 2 aromatic heterocycles. The van der Waals surface area contributed by atoms with Gasteiger partial charge in [0.1, 0.15) is 11.6 Å². The molecule has 3 aromatic rings. The summed E-state index contributed by atoms with van der Waals surface area (Å²) >= 11 is 0. The smallest absolute Gasteiger partial charge is 0.290 e. The lowest BCUT2D eigenvalue weighted by molar-refractivity contribution is -0.146. The van der Waals surface area contributed by atoms with Crippen molar-refractivity contribution in [2.45, 2.75) is 5.92 Å². The van der Waals surface area contributed by atoms with Crippen LogP contribution in [0.15, 0.2) is 48.8 Å². The SMILES string of the molecule is Nc1ccn(-c2ncc(F)c3c2NCC3C(=O)C(=O)N2CCN(C(=O)c3ccccc3)CC2)n1. The van der Waals surface area contributed by atoms with Gasteiger partial charge in [-0.25, -0.2) is 14.1 Å². The normalized spacial score (nSPS) is 17.3. The van der Waals surface area contributed by atoms with Gasteiger partial charge in [0.05, 0.1) is 17.8 Å². The number of ketones is 1. The van der Waals surface area contributed by atoms with E-state index in [1.807, 2.05) is 6.07 Å². The minimum Gasteiger partial charge on any atom is -0.382 e. The predicted molar refractivity (Wildman–Crippen MR) is 121 cm³/mol. The molecular formula is C23H22FN7O3. The maximum atomic E-state index is 14.7. The second-order valence-corrected chi connectivity index (χ2v) is 8.15. The first kappa shape index (κ1) is 21.6. The number of pyridine rings is 1. The molecule has 0 radical (unpaired) electrons. The molecular weight excluding hydrogens is 441 g/mol. The molecule has 1 fully saturated rings. The number of carbonyl (C=O) groups is 3. The number of carbonyl (C=O) groups excluding carboxylic acids is 3. The highest BCUT2D eigenvalue weighted by Crippen LogP contribution is 2.37. The van der Waals surface area contributed by atoms with Crippen LogP contribution in [0.3, 0.4) is 0 Å². The molecule has 1 atom stereocenters. The summed E-state index contributed by atoms with van der Waals surface area (Å²) in [4.78, 5) is 45.9. The number of fused-ring (bicyclic) bond motifs is 1. The van der Waals surface area contributed by atoms with Gasteiger partial charge in [0, 0.05) is 56.1 Å². The average Bonchev–Trinajstić information content (AvgIpc) is 3.51. The molecule has 2 amide bonds. The Morgan fingerprint density at radius 2 is 1.74 bits per heavy atom. The first-order valence-electron chi connectivity index (χ1n) is 10.8. The molecule has 2 aliphatic rings. The third kappa shape index (κ3) is 3.74. The standard InChI is InChI=1S/C23H22FN7O3/c24-16-13-27-21(31-7-6-17(25)28-31)19-18(16)15(12-26-19)20(32)23(34)30-10-8-29(9-11-30)22(33)14-4-2-1-3-5-14/h1-7,13,15,26H,8-12H2,(H2,25,28). The van der Waals surface area contributed by atoms with E-state index in [-0.39, 0.29) is 36.9 Å². The van der Waals surface area contributed by atoms with Gasteiger partial charge in [-0.1, -0.05) is 18.2 Å². The van der Waals surface area contributed by atoms with E-state index in [9.17, 15) is 18.8 Å². The fraction of sp³-hybridized carbons (Fsp3) is 0.261. The highest BCUT2D eigenvalue weighted by molar-refractivity contribution is 6.38. The molecule has 0 bridgehead atoms. The van der Waals surface area contributed by atoms with E-state index in [4.69, 9.17) is 5.73 Å². The zero-order chi connectivity index (χ0) is 23.8. The van der Waals surface area contributed by atoms with Crippen LogP contribution in [0.1, 0.15) is 21.8 Å². The molecule has 0 spiro atoms. The second kappa shape index (κ2) is 8.58. The third-order valence-corrected chi connectivity index (χ3v) is 6.11. The fourth-order valence-electron chi connectivity index (χ4n) is 4.35. The number of Topliss-reactive ketones (excluding diaryl/α,β-unsaturated/α-hetero) is 1. The Kier molecular flexibility index (Phi) is 5.44. The van der Waals surface area contributed by atoms with Crippen LogP contribution in [0.4, 0.5) is 15.9 Å². The molecule has 0 aliphatic carbocycles. The quantitative estimate of drug-likeness (QED) is 0.554. The number of anilines is 2. The monoisotopic (exact) mass is 463 g/mol. The number of halogens is 1. The fourth-order valence-corrected chi connectivity index (χ4v) is 4.35. The summed E-state index contributed by atoms with van der Waals surface area (Å²) in [5, 5.41) is 7.08. The van der Waals surface area contributed by atoms with Crippen molar-refractivity contribution in [1.29, 1.82) is 0 Å². The Labute approximate surface area is 194 Å². The van der Waals surface area contributed by atoms with Crippen molar-refractivity contribution in [2.75, 3.05) is 43.8 Å². The highest BCUT2D eigenvalue weighted by Gasteiger charge is 2.39. The van der Waals surface area contributed by atoms with Gasteiger partial charge in [0.15, 0.2) is 5.82 Å². The summed E-state index contributed by atoms with van der Waals surface area (Å²) in [5.41, 5.74) is 6.65. The van der Waals surface area contributed by atoms with Gasteiger partial charge in [-0.15, -0.1) is 5.10 Å². The molecule has 1 saturated heterocycles. The van der Waals surface area contributed by atoms with Crippen LogP contribution in [0.25, 0.3) is 5.82 Å². The summed E-state index contributed by atoms with van der Waals surface area (Å²) in [6, 6.07) is 10.5. The van der Waals surface area contributed by atoms with Gasteiger partial charge in [-0.3, -0.25) is 14.4 Å². The largest absolute Gasteiger partial charge is 0.382 e. The highest BCUT2D eigenvalue weighted by atomic mass is 19.1. The van der Waals surface area contributed by atoms with E-state index in [0.717, 1.165) is 6.20 Å². The van der Waals surface area contributed by atoms with Crippen molar-refractivity contribution in [2.24, 2.45) is 0 Å². The number of rotatable bonds is 4. The number of nitrogens with two attached hydrogens (primary N) is 1. The summed E-state index contributed by atoms with van der Waals surface area (Å²) in [6.45, 7) is 1.16. The molecule has 174 valence electrons. The molecule has 11 heteroatoms. The lowest BCUT2D eigenvalue weighted by atomic mass is 9.96.